The van der Waals surface area contributed by atoms with Crippen molar-refractivity contribution in [3.8, 4) is 5.75 Å². The van der Waals surface area contributed by atoms with Crippen molar-refractivity contribution in [2.75, 3.05) is 78.6 Å². The number of benzene rings is 2. The summed E-state index contributed by atoms with van der Waals surface area (Å²) in [6.07, 6.45) is 1.26. The molecule has 0 saturated heterocycles. The van der Waals surface area contributed by atoms with Gasteiger partial charge in [-0.2, -0.15) is 0 Å². The van der Waals surface area contributed by atoms with Crippen molar-refractivity contribution in [1.82, 2.24) is 20.0 Å². The van der Waals surface area contributed by atoms with Gasteiger partial charge < -0.3 is 45.2 Å². The van der Waals surface area contributed by atoms with Gasteiger partial charge in [-0.3, -0.25) is 38.7 Å². The molecule has 0 heterocycles. The lowest BCUT2D eigenvalue weighted by atomic mass is 10.0. The number of carbonyl (C=O) groups is 5. The molecule has 0 unspecified atom stereocenters. The molecular formula is C55H94N6O11. The Morgan fingerprint density at radius 3 is 1.29 bits per heavy atom. The summed E-state index contributed by atoms with van der Waals surface area (Å²) in [5, 5.41) is 3.22. The molecule has 0 aliphatic carbocycles. The SMILES string of the molecule is CCOc1ccc(C[C@@H](CN(CCN(CC(=O)OC(C)(C)C)CC(=O)OC(C)(C)C)CC(=O)OC(C)(C)C)N(CC(=O)OC(C)(C)C)CC(=O)OC(C)(C)C)cc1.Cc1ccc(C[C@H](N)CNCCN)cc1. The monoisotopic (exact) mass is 1010 g/mol. The zero-order chi connectivity index (χ0) is 55.1. The summed E-state index contributed by atoms with van der Waals surface area (Å²) < 4.78 is 34.0. The highest BCUT2D eigenvalue weighted by atomic mass is 16.6. The predicted molar refractivity (Wildman–Crippen MR) is 284 cm³/mol. The van der Waals surface area contributed by atoms with Crippen LogP contribution >= 0.6 is 0 Å². The van der Waals surface area contributed by atoms with E-state index in [9.17, 15) is 24.0 Å². The average Bonchev–Trinajstić information content (AvgIpc) is 3.18. The van der Waals surface area contributed by atoms with Crippen LogP contribution in [0.1, 0.15) is 127 Å². The molecule has 0 saturated carbocycles. The van der Waals surface area contributed by atoms with E-state index in [4.69, 9.17) is 39.9 Å². The third kappa shape index (κ3) is 33.9. The molecule has 0 aliphatic rings. The number of hydrogen-bond donors (Lipinski definition) is 3. The molecule has 0 radical (unpaired) electrons. The minimum Gasteiger partial charge on any atom is -0.494 e. The van der Waals surface area contributed by atoms with Crippen molar-refractivity contribution in [3.05, 3.63) is 65.2 Å². The Kier molecular flexibility index (Phi) is 27.7. The molecule has 0 amide bonds. The minimum atomic E-state index is -0.784. The van der Waals surface area contributed by atoms with Gasteiger partial charge in [0.05, 0.1) is 39.3 Å². The summed E-state index contributed by atoms with van der Waals surface area (Å²) in [5.41, 5.74) is 11.0. The summed E-state index contributed by atoms with van der Waals surface area (Å²) in [4.78, 5) is 71.6. The van der Waals surface area contributed by atoms with Crippen LogP contribution in [0.5, 0.6) is 5.75 Å². The lowest BCUT2D eigenvalue weighted by Crippen LogP contribution is -2.52. The number of aryl methyl sites for hydroxylation is 1. The number of ether oxygens (including phenoxy) is 6. The first-order valence-electron chi connectivity index (χ1n) is 25.2. The maximum absolute atomic E-state index is 13.5. The van der Waals surface area contributed by atoms with E-state index < -0.39 is 63.9 Å². The second kappa shape index (κ2) is 30.5. The van der Waals surface area contributed by atoms with Crippen molar-refractivity contribution >= 4 is 29.8 Å². The second-order valence-electron chi connectivity index (χ2n) is 23.2. The van der Waals surface area contributed by atoms with Crippen LogP contribution in [0, 0.1) is 6.92 Å². The van der Waals surface area contributed by atoms with Crippen molar-refractivity contribution in [2.24, 2.45) is 11.5 Å². The lowest BCUT2D eigenvalue weighted by Gasteiger charge is -2.36. The minimum absolute atomic E-state index is 0.148. The Morgan fingerprint density at radius 1 is 0.542 bits per heavy atom. The van der Waals surface area contributed by atoms with Crippen LogP contribution in [0.2, 0.25) is 0 Å². The van der Waals surface area contributed by atoms with Gasteiger partial charge in [-0.05, 0) is 154 Å². The molecule has 2 aromatic rings. The molecule has 0 bridgehead atoms. The molecule has 5 N–H and O–H groups in total. The summed E-state index contributed by atoms with van der Waals surface area (Å²) >= 11 is 0. The highest BCUT2D eigenvalue weighted by Crippen LogP contribution is 2.20. The first kappa shape index (κ1) is 65.4. The number of esters is 5. The predicted octanol–water partition coefficient (Wildman–Crippen LogP) is 6.02. The zero-order valence-corrected chi connectivity index (χ0v) is 47.2. The highest BCUT2D eigenvalue weighted by molar-refractivity contribution is 5.76. The molecule has 410 valence electrons. The fourth-order valence-electron chi connectivity index (χ4n) is 7.05. The Hall–Kier alpha value is -4.65. The first-order valence-corrected chi connectivity index (χ1v) is 25.2. The van der Waals surface area contributed by atoms with E-state index in [0.717, 1.165) is 25.1 Å². The normalized spacial score (nSPS) is 13.2. The quantitative estimate of drug-likeness (QED) is 0.0558. The topological polar surface area (TPSA) is 215 Å². The van der Waals surface area contributed by atoms with Crippen LogP contribution in [-0.2, 0) is 60.5 Å². The molecule has 2 atom stereocenters. The van der Waals surface area contributed by atoms with E-state index in [1.165, 1.54) is 11.1 Å². The Morgan fingerprint density at radius 2 is 0.903 bits per heavy atom. The smallest absolute Gasteiger partial charge is 0.320 e. The van der Waals surface area contributed by atoms with Gasteiger partial charge in [0.25, 0.3) is 0 Å². The van der Waals surface area contributed by atoms with E-state index >= 15 is 0 Å². The number of nitrogens with two attached hydrogens (primary N) is 2. The third-order valence-electron chi connectivity index (χ3n) is 9.59. The summed E-state index contributed by atoms with van der Waals surface area (Å²) in [6, 6.07) is 15.7. The zero-order valence-electron chi connectivity index (χ0n) is 47.2. The van der Waals surface area contributed by atoms with E-state index in [-0.39, 0.29) is 58.4 Å². The van der Waals surface area contributed by atoms with Gasteiger partial charge in [0.2, 0.25) is 0 Å². The number of rotatable bonds is 26. The number of hydrogen-bond acceptors (Lipinski definition) is 17. The summed E-state index contributed by atoms with van der Waals surface area (Å²) in [7, 11) is 0. The average molecular weight is 1020 g/mol. The molecule has 0 aromatic heterocycles. The number of carbonyl (C=O) groups excluding carboxylic acids is 5. The van der Waals surface area contributed by atoms with Crippen molar-refractivity contribution in [3.63, 3.8) is 0 Å². The summed E-state index contributed by atoms with van der Waals surface area (Å²) in [6.45, 7) is 32.7. The third-order valence-corrected chi connectivity index (χ3v) is 9.59. The van der Waals surface area contributed by atoms with E-state index in [1.807, 2.05) is 36.1 Å². The van der Waals surface area contributed by atoms with Gasteiger partial charge in [0.1, 0.15) is 33.8 Å². The van der Waals surface area contributed by atoms with Crippen LogP contribution in [-0.4, -0.2) is 163 Å². The molecule has 17 nitrogen and oxygen atoms in total. The molecule has 0 fully saturated rings. The van der Waals surface area contributed by atoms with Crippen LogP contribution in [0.4, 0.5) is 0 Å². The van der Waals surface area contributed by atoms with Crippen molar-refractivity contribution in [2.45, 2.75) is 171 Å². The van der Waals surface area contributed by atoms with E-state index in [1.54, 1.807) is 114 Å². The standard InChI is InChI=1S/C43H73N3O11.C12H21N3/c1-17-52-33-20-18-31(19-21-33)24-32(46(29-37(50)56-42(11,12)13)30-38(51)57-43(14,15)16)25-44(26-34(47)53-39(2,3)4)22-23-45(27-35(48)54-40(5,6)7)28-36(49)55-41(8,9)10;1-10-2-4-11(5-3-10)8-12(14)9-15-7-6-13/h18-21,32H,17,22-30H2,1-16H3;2-5,12,15H,6-9,13-14H2,1H3/t32-;12-/m00/s1. The van der Waals surface area contributed by atoms with Gasteiger partial charge in [-0.25, -0.2) is 0 Å². The molecular weight excluding hydrogens is 921 g/mol. The molecule has 2 rings (SSSR count). The molecule has 72 heavy (non-hydrogen) atoms. The maximum atomic E-state index is 13.5. The Bertz CT molecular complexity index is 1870. The van der Waals surface area contributed by atoms with Crippen molar-refractivity contribution < 1.29 is 52.4 Å². The molecule has 2 aromatic carbocycles. The van der Waals surface area contributed by atoms with Crippen LogP contribution in [0.15, 0.2) is 48.5 Å². The largest absolute Gasteiger partial charge is 0.494 e. The van der Waals surface area contributed by atoms with Crippen LogP contribution < -0.4 is 21.5 Å². The fourth-order valence-corrected chi connectivity index (χ4v) is 7.05. The fraction of sp³-hybridized carbons (Fsp3) is 0.691. The Labute approximate surface area is 432 Å². The Balaban J connectivity index is 0.00000146. The van der Waals surface area contributed by atoms with Gasteiger partial charge in [0.15, 0.2) is 0 Å². The van der Waals surface area contributed by atoms with Gasteiger partial charge in [0, 0.05) is 51.4 Å². The van der Waals surface area contributed by atoms with Gasteiger partial charge in [-0.1, -0.05) is 42.0 Å². The van der Waals surface area contributed by atoms with E-state index in [0.29, 0.717) is 25.3 Å². The van der Waals surface area contributed by atoms with E-state index in [2.05, 4.69) is 36.5 Å². The summed E-state index contributed by atoms with van der Waals surface area (Å²) in [5.74, 6) is -1.94. The number of nitrogens with zero attached hydrogens (tertiary/aromatic N) is 3. The second-order valence-corrected chi connectivity index (χ2v) is 23.2. The van der Waals surface area contributed by atoms with Crippen molar-refractivity contribution in [1.29, 1.82) is 0 Å². The van der Waals surface area contributed by atoms with Crippen LogP contribution in [0.3, 0.4) is 0 Å². The molecule has 0 aliphatic heterocycles. The maximum Gasteiger partial charge on any atom is 0.320 e. The lowest BCUT2D eigenvalue weighted by molar-refractivity contribution is -0.162. The number of nitrogens with one attached hydrogen (secondary N) is 1. The molecule has 17 heteroatoms. The van der Waals surface area contributed by atoms with Gasteiger partial charge >= 0.3 is 29.8 Å². The first-order chi connectivity index (χ1) is 33.0. The highest BCUT2D eigenvalue weighted by Gasteiger charge is 2.32. The molecule has 0 spiro atoms. The van der Waals surface area contributed by atoms with Crippen LogP contribution in [0.25, 0.3) is 0 Å². The van der Waals surface area contributed by atoms with Gasteiger partial charge in [-0.15, -0.1) is 0 Å².